The second-order valence-corrected chi connectivity index (χ2v) is 5.99. The summed E-state index contributed by atoms with van der Waals surface area (Å²) in [5.41, 5.74) is 0.682. The van der Waals surface area contributed by atoms with E-state index >= 15 is 0 Å². The van der Waals surface area contributed by atoms with E-state index in [1.54, 1.807) is 12.1 Å². The van der Waals surface area contributed by atoms with Crippen LogP contribution in [0.4, 0.5) is 5.69 Å². The van der Waals surface area contributed by atoms with Gasteiger partial charge >= 0.3 is 0 Å². The molecule has 0 fully saturated rings. The summed E-state index contributed by atoms with van der Waals surface area (Å²) in [5.74, 6) is -0.244. The Morgan fingerprint density at radius 1 is 1.39 bits per heavy atom. The summed E-state index contributed by atoms with van der Waals surface area (Å²) < 4.78 is 7.63. The van der Waals surface area contributed by atoms with Crippen LogP contribution in [-0.2, 0) is 22.6 Å². The van der Waals surface area contributed by atoms with Crippen molar-refractivity contribution in [1.82, 2.24) is 24.6 Å². The van der Waals surface area contributed by atoms with E-state index in [0.717, 1.165) is 0 Å². The number of hydrogen-bond donors (Lipinski definition) is 1. The van der Waals surface area contributed by atoms with Crippen LogP contribution < -0.4 is 10.9 Å². The Hall–Kier alpha value is -3.60. The van der Waals surface area contributed by atoms with Gasteiger partial charge in [-0.15, -0.1) is 0 Å². The SMILES string of the molecule is COCC(=O)NCCn1ncc2c(=O)n(Cc3cccc([N+](=O)[O-])c3)cnc21. The Balaban J connectivity index is 1.77. The van der Waals surface area contributed by atoms with Gasteiger partial charge in [0, 0.05) is 25.8 Å². The fourth-order valence-electron chi connectivity index (χ4n) is 2.72. The van der Waals surface area contributed by atoms with Gasteiger partial charge in [0.05, 0.1) is 24.2 Å². The summed E-state index contributed by atoms with van der Waals surface area (Å²) in [6.07, 6.45) is 2.80. The van der Waals surface area contributed by atoms with Gasteiger partial charge in [0.2, 0.25) is 5.91 Å². The molecule has 0 saturated carbocycles. The molecule has 1 aromatic carbocycles. The lowest BCUT2D eigenvalue weighted by molar-refractivity contribution is -0.384. The second kappa shape index (κ2) is 8.39. The lowest BCUT2D eigenvalue weighted by Crippen LogP contribution is -2.30. The van der Waals surface area contributed by atoms with Crippen LogP contribution >= 0.6 is 0 Å². The Bertz CT molecular complexity index is 1070. The average Bonchev–Trinajstić information content (AvgIpc) is 3.08. The maximum absolute atomic E-state index is 12.7. The molecule has 0 atom stereocenters. The predicted octanol–water partition coefficient (Wildman–Crippen LogP) is 0.312. The zero-order valence-electron chi connectivity index (χ0n) is 15.1. The molecule has 2 aromatic heterocycles. The molecule has 11 heteroatoms. The molecular formula is C17H18N6O5. The van der Waals surface area contributed by atoms with Crippen LogP contribution in [0.3, 0.4) is 0 Å². The highest BCUT2D eigenvalue weighted by molar-refractivity contribution is 5.77. The number of nitro benzene ring substituents is 1. The van der Waals surface area contributed by atoms with Crippen molar-refractivity contribution in [2.75, 3.05) is 20.3 Å². The third-order valence-electron chi connectivity index (χ3n) is 4.02. The van der Waals surface area contributed by atoms with E-state index in [2.05, 4.69) is 15.4 Å². The molecule has 0 aliphatic heterocycles. The summed E-state index contributed by atoms with van der Waals surface area (Å²) in [6.45, 7) is 0.792. The van der Waals surface area contributed by atoms with E-state index in [1.807, 2.05) is 0 Å². The van der Waals surface area contributed by atoms with Crippen LogP contribution in [0, 0.1) is 10.1 Å². The van der Waals surface area contributed by atoms with Crippen molar-refractivity contribution in [2.45, 2.75) is 13.1 Å². The van der Waals surface area contributed by atoms with Gasteiger partial charge < -0.3 is 10.1 Å². The van der Waals surface area contributed by atoms with Gasteiger partial charge in [-0.05, 0) is 5.56 Å². The third-order valence-corrected chi connectivity index (χ3v) is 4.02. The van der Waals surface area contributed by atoms with E-state index in [1.165, 1.54) is 41.0 Å². The van der Waals surface area contributed by atoms with Crippen LogP contribution in [0.1, 0.15) is 5.56 Å². The fourth-order valence-corrected chi connectivity index (χ4v) is 2.72. The molecule has 0 unspecified atom stereocenters. The van der Waals surface area contributed by atoms with Crippen LogP contribution in [-0.4, -0.2) is 50.4 Å². The number of ether oxygens (including phenoxy) is 1. The molecule has 0 aliphatic carbocycles. The summed E-state index contributed by atoms with van der Waals surface area (Å²) >= 11 is 0. The van der Waals surface area contributed by atoms with Crippen LogP contribution in [0.2, 0.25) is 0 Å². The van der Waals surface area contributed by atoms with Gasteiger partial charge in [-0.3, -0.25) is 24.3 Å². The summed E-state index contributed by atoms with van der Waals surface area (Å²) in [7, 11) is 1.43. The van der Waals surface area contributed by atoms with Gasteiger partial charge in [0.15, 0.2) is 5.65 Å². The summed E-state index contributed by atoms with van der Waals surface area (Å²) in [6, 6.07) is 6.09. The molecule has 0 aliphatic rings. The maximum atomic E-state index is 12.7. The quantitative estimate of drug-likeness (QED) is 0.435. The number of aromatic nitrogens is 4. The number of fused-ring (bicyclic) bond motifs is 1. The van der Waals surface area contributed by atoms with E-state index in [0.29, 0.717) is 29.7 Å². The van der Waals surface area contributed by atoms with Gasteiger partial charge in [-0.2, -0.15) is 5.10 Å². The standard InChI is InChI=1S/C17H18N6O5/c1-28-10-15(24)18-5-6-22-16-14(8-20-22)17(25)21(11-19-16)9-12-3-2-4-13(7-12)23(26)27/h2-4,7-8,11H,5-6,9-10H2,1H3,(H,18,24). The first kappa shape index (κ1) is 19.2. The molecule has 2 heterocycles. The van der Waals surface area contributed by atoms with Crippen molar-refractivity contribution < 1.29 is 14.5 Å². The molecule has 0 saturated heterocycles. The first-order valence-corrected chi connectivity index (χ1v) is 8.39. The molecule has 1 amide bonds. The van der Waals surface area contributed by atoms with Crippen LogP contribution in [0.25, 0.3) is 11.0 Å². The Morgan fingerprint density at radius 3 is 2.96 bits per heavy atom. The van der Waals surface area contributed by atoms with Crippen molar-refractivity contribution >= 4 is 22.6 Å². The van der Waals surface area contributed by atoms with Crippen LogP contribution in [0.15, 0.2) is 41.6 Å². The number of carbonyl (C=O) groups excluding carboxylic acids is 1. The van der Waals surface area contributed by atoms with Crippen molar-refractivity contribution in [1.29, 1.82) is 0 Å². The molecule has 1 N–H and O–H groups in total. The van der Waals surface area contributed by atoms with E-state index < -0.39 is 4.92 Å². The highest BCUT2D eigenvalue weighted by Gasteiger charge is 2.12. The Kier molecular flexibility index (Phi) is 5.75. The lowest BCUT2D eigenvalue weighted by atomic mass is 10.2. The van der Waals surface area contributed by atoms with E-state index in [4.69, 9.17) is 4.74 Å². The molecule has 3 aromatic rings. The number of rotatable bonds is 8. The Morgan fingerprint density at radius 2 is 2.21 bits per heavy atom. The van der Waals surface area contributed by atoms with E-state index in [-0.39, 0.29) is 30.3 Å². The minimum atomic E-state index is -0.483. The van der Waals surface area contributed by atoms with E-state index in [9.17, 15) is 19.7 Å². The predicted molar refractivity (Wildman–Crippen MR) is 98.9 cm³/mol. The molecule has 0 radical (unpaired) electrons. The van der Waals surface area contributed by atoms with Crippen molar-refractivity contribution in [3.8, 4) is 0 Å². The fraction of sp³-hybridized carbons (Fsp3) is 0.294. The van der Waals surface area contributed by atoms with Crippen molar-refractivity contribution in [3.63, 3.8) is 0 Å². The minimum absolute atomic E-state index is 0.0273. The number of non-ortho nitro benzene ring substituents is 1. The number of nitrogens with zero attached hydrogens (tertiary/aromatic N) is 5. The van der Waals surface area contributed by atoms with Gasteiger partial charge in [-0.25, -0.2) is 9.67 Å². The number of benzene rings is 1. The molecular weight excluding hydrogens is 368 g/mol. The highest BCUT2D eigenvalue weighted by Crippen LogP contribution is 2.14. The Labute approximate surface area is 158 Å². The number of nitrogens with one attached hydrogen (secondary N) is 1. The largest absolute Gasteiger partial charge is 0.375 e. The number of carbonyl (C=O) groups is 1. The zero-order chi connectivity index (χ0) is 20.1. The number of nitro groups is 1. The normalized spacial score (nSPS) is 10.9. The van der Waals surface area contributed by atoms with Crippen molar-refractivity contribution in [2.24, 2.45) is 0 Å². The first-order valence-electron chi connectivity index (χ1n) is 8.39. The topological polar surface area (TPSA) is 134 Å². The van der Waals surface area contributed by atoms with Gasteiger partial charge in [0.25, 0.3) is 11.2 Å². The summed E-state index contributed by atoms with van der Waals surface area (Å²) in [5, 5.41) is 18.0. The highest BCUT2D eigenvalue weighted by atomic mass is 16.6. The molecule has 3 rings (SSSR count). The van der Waals surface area contributed by atoms with Crippen molar-refractivity contribution in [3.05, 3.63) is 62.8 Å². The molecule has 0 spiro atoms. The number of hydrogen-bond acceptors (Lipinski definition) is 7. The summed E-state index contributed by atoms with van der Waals surface area (Å²) in [4.78, 5) is 38.8. The third kappa shape index (κ3) is 4.20. The van der Waals surface area contributed by atoms with Gasteiger partial charge in [-0.1, -0.05) is 12.1 Å². The molecule has 146 valence electrons. The zero-order valence-corrected chi connectivity index (χ0v) is 15.1. The maximum Gasteiger partial charge on any atom is 0.269 e. The lowest BCUT2D eigenvalue weighted by Gasteiger charge is -2.07. The minimum Gasteiger partial charge on any atom is -0.375 e. The average molecular weight is 386 g/mol. The molecule has 28 heavy (non-hydrogen) atoms. The van der Waals surface area contributed by atoms with Gasteiger partial charge in [0.1, 0.15) is 18.3 Å². The monoisotopic (exact) mass is 386 g/mol. The number of methoxy groups -OCH3 is 1. The first-order chi connectivity index (χ1) is 13.5. The number of amides is 1. The second-order valence-electron chi connectivity index (χ2n) is 5.99. The molecule has 0 bridgehead atoms. The van der Waals surface area contributed by atoms with Crippen LogP contribution in [0.5, 0.6) is 0 Å². The smallest absolute Gasteiger partial charge is 0.269 e. The molecule has 11 nitrogen and oxygen atoms in total.